The van der Waals surface area contributed by atoms with E-state index in [1.807, 2.05) is 0 Å². The number of aromatic hydroxyl groups is 1. The molecule has 0 aliphatic heterocycles. The summed E-state index contributed by atoms with van der Waals surface area (Å²) in [6, 6.07) is 3.97. The molecule has 8 heteroatoms. The van der Waals surface area contributed by atoms with Gasteiger partial charge in [0.15, 0.2) is 0 Å². The normalized spacial score (nSPS) is 13.5. The van der Waals surface area contributed by atoms with Crippen LogP contribution in [-0.2, 0) is 10.0 Å². The number of aliphatic hydroxyl groups is 1. The van der Waals surface area contributed by atoms with Crippen molar-refractivity contribution >= 4 is 27.3 Å². The summed E-state index contributed by atoms with van der Waals surface area (Å²) in [4.78, 5) is -0.00144. The van der Waals surface area contributed by atoms with Gasteiger partial charge in [-0.05, 0) is 12.1 Å². The van der Waals surface area contributed by atoms with Crippen LogP contribution in [0.3, 0.4) is 0 Å². The van der Waals surface area contributed by atoms with Crippen LogP contribution in [-0.4, -0.2) is 55.6 Å². The molecule has 108 valence electrons. The number of hydrogen-bond donors (Lipinski definition) is 3. The third-order valence-corrected chi connectivity index (χ3v) is 4.62. The van der Waals surface area contributed by atoms with Crippen LogP contribution in [0.15, 0.2) is 23.1 Å². The fourth-order valence-electron chi connectivity index (χ4n) is 1.31. The van der Waals surface area contributed by atoms with E-state index < -0.39 is 16.1 Å². The van der Waals surface area contributed by atoms with Gasteiger partial charge in [-0.3, -0.25) is 0 Å². The van der Waals surface area contributed by atoms with Gasteiger partial charge in [0, 0.05) is 26.7 Å². The molecule has 0 aliphatic carbocycles. The zero-order chi connectivity index (χ0) is 14.6. The van der Waals surface area contributed by atoms with Gasteiger partial charge >= 0.3 is 0 Å². The summed E-state index contributed by atoms with van der Waals surface area (Å²) in [5, 5.41) is 21.8. The predicted molar refractivity (Wildman–Crippen MR) is 74.2 cm³/mol. The lowest BCUT2D eigenvalue weighted by Crippen LogP contribution is -2.22. The van der Waals surface area contributed by atoms with Gasteiger partial charge in [0.05, 0.1) is 22.6 Å². The van der Waals surface area contributed by atoms with Crippen molar-refractivity contribution in [2.24, 2.45) is 0 Å². The third kappa shape index (κ3) is 3.97. The number of nitrogens with one attached hydrogen (secondary N) is 1. The molecule has 0 saturated heterocycles. The molecule has 6 nitrogen and oxygen atoms in total. The van der Waals surface area contributed by atoms with Gasteiger partial charge in [0.2, 0.25) is 10.0 Å². The van der Waals surface area contributed by atoms with E-state index in [-0.39, 0.29) is 23.1 Å². The Labute approximate surface area is 117 Å². The first-order valence-corrected chi connectivity index (χ1v) is 7.50. The molecule has 0 heterocycles. The number of benzene rings is 1. The summed E-state index contributed by atoms with van der Waals surface area (Å²) in [5.41, 5.74) is 0.335. The minimum Gasteiger partial charge on any atom is -0.506 e. The van der Waals surface area contributed by atoms with Crippen molar-refractivity contribution in [3.63, 3.8) is 0 Å². The zero-order valence-corrected chi connectivity index (χ0v) is 12.2. The number of hydrogen-bond acceptors (Lipinski definition) is 5. The highest BCUT2D eigenvalue weighted by Gasteiger charge is 2.18. The molecule has 3 N–H and O–H groups in total. The molecular weight excluding hydrogens is 292 g/mol. The SMILES string of the molecule is CN(C)S(=O)(=O)c1ccc(NCC(O)CCl)c(O)c1. The van der Waals surface area contributed by atoms with Crippen LogP contribution in [0.1, 0.15) is 0 Å². The van der Waals surface area contributed by atoms with Gasteiger partial charge in [0.1, 0.15) is 5.75 Å². The van der Waals surface area contributed by atoms with Crippen molar-refractivity contribution in [1.82, 2.24) is 4.31 Å². The summed E-state index contributed by atoms with van der Waals surface area (Å²) >= 11 is 5.44. The molecule has 19 heavy (non-hydrogen) atoms. The number of nitrogens with zero attached hydrogens (tertiary/aromatic N) is 1. The maximum Gasteiger partial charge on any atom is 0.242 e. The molecule has 0 amide bonds. The molecule has 1 unspecified atom stereocenters. The van der Waals surface area contributed by atoms with Crippen molar-refractivity contribution in [2.75, 3.05) is 31.8 Å². The summed E-state index contributed by atoms with van der Waals surface area (Å²) in [6.45, 7) is 0.164. The Balaban J connectivity index is 2.92. The van der Waals surface area contributed by atoms with Crippen LogP contribution in [0.4, 0.5) is 5.69 Å². The fourth-order valence-corrected chi connectivity index (χ4v) is 2.35. The quantitative estimate of drug-likeness (QED) is 0.530. The second kappa shape index (κ2) is 6.42. The average molecular weight is 309 g/mol. The van der Waals surface area contributed by atoms with Crippen LogP contribution in [0.2, 0.25) is 0 Å². The van der Waals surface area contributed by atoms with E-state index >= 15 is 0 Å². The Morgan fingerprint density at radius 3 is 2.53 bits per heavy atom. The molecule has 1 aromatic carbocycles. The van der Waals surface area contributed by atoms with Crippen molar-refractivity contribution in [2.45, 2.75) is 11.0 Å². The highest BCUT2D eigenvalue weighted by molar-refractivity contribution is 7.89. The van der Waals surface area contributed by atoms with Crippen molar-refractivity contribution in [3.05, 3.63) is 18.2 Å². The van der Waals surface area contributed by atoms with E-state index in [0.717, 1.165) is 10.4 Å². The molecule has 0 aliphatic rings. The number of halogens is 1. The highest BCUT2D eigenvalue weighted by Crippen LogP contribution is 2.27. The van der Waals surface area contributed by atoms with Crippen LogP contribution in [0.5, 0.6) is 5.75 Å². The van der Waals surface area contributed by atoms with Crippen molar-refractivity contribution < 1.29 is 18.6 Å². The van der Waals surface area contributed by atoms with Crippen LogP contribution >= 0.6 is 11.6 Å². The first-order chi connectivity index (χ1) is 8.78. The Morgan fingerprint density at radius 2 is 2.05 bits per heavy atom. The minimum atomic E-state index is -3.58. The Morgan fingerprint density at radius 1 is 1.42 bits per heavy atom. The number of phenols is 1. The topological polar surface area (TPSA) is 89.9 Å². The van der Waals surface area contributed by atoms with Crippen LogP contribution < -0.4 is 5.32 Å². The fraction of sp³-hybridized carbons (Fsp3) is 0.455. The largest absolute Gasteiger partial charge is 0.506 e. The Bertz CT molecular complexity index is 533. The van der Waals surface area contributed by atoms with Gasteiger partial charge in [0.25, 0.3) is 0 Å². The minimum absolute atomic E-state index is 0.00144. The number of anilines is 1. The molecule has 0 bridgehead atoms. The molecule has 1 aromatic rings. The first-order valence-electron chi connectivity index (χ1n) is 5.52. The Kier molecular flexibility index (Phi) is 5.42. The molecule has 0 fully saturated rings. The van der Waals surface area contributed by atoms with Gasteiger partial charge in [-0.15, -0.1) is 11.6 Å². The zero-order valence-electron chi connectivity index (χ0n) is 10.7. The summed E-state index contributed by atoms with van der Waals surface area (Å²) in [5.74, 6) is -0.134. The van der Waals surface area contributed by atoms with E-state index in [1.54, 1.807) is 0 Å². The molecule has 0 saturated carbocycles. The maximum absolute atomic E-state index is 11.8. The highest BCUT2D eigenvalue weighted by atomic mass is 35.5. The third-order valence-electron chi connectivity index (χ3n) is 2.45. The second-order valence-electron chi connectivity index (χ2n) is 4.16. The van der Waals surface area contributed by atoms with E-state index in [1.165, 1.54) is 26.2 Å². The van der Waals surface area contributed by atoms with Crippen molar-refractivity contribution in [3.8, 4) is 5.75 Å². The summed E-state index contributed by atoms with van der Waals surface area (Å²) in [6.07, 6.45) is -0.744. The van der Waals surface area contributed by atoms with E-state index in [9.17, 15) is 18.6 Å². The lowest BCUT2D eigenvalue weighted by atomic mass is 10.3. The van der Waals surface area contributed by atoms with E-state index in [4.69, 9.17) is 11.6 Å². The van der Waals surface area contributed by atoms with Gasteiger partial charge < -0.3 is 15.5 Å². The van der Waals surface area contributed by atoms with Gasteiger partial charge in [-0.1, -0.05) is 0 Å². The first kappa shape index (κ1) is 16.0. The lowest BCUT2D eigenvalue weighted by molar-refractivity contribution is 0.211. The molecule has 0 aromatic heterocycles. The van der Waals surface area contributed by atoms with Crippen LogP contribution in [0.25, 0.3) is 0 Å². The van der Waals surface area contributed by atoms with E-state index in [0.29, 0.717) is 5.69 Å². The van der Waals surface area contributed by atoms with E-state index in [2.05, 4.69) is 5.32 Å². The number of phenolic OH excluding ortho intramolecular Hbond substituents is 1. The Hall–Kier alpha value is -1.02. The lowest BCUT2D eigenvalue weighted by Gasteiger charge is -2.14. The standard InChI is InChI=1S/C11H17ClN2O4S/c1-14(2)19(17,18)9-3-4-10(11(16)5-9)13-7-8(15)6-12/h3-5,8,13,15-16H,6-7H2,1-2H3. The average Bonchev–Trinajstić information content (AvgIpc) is 2.36. The molecule has 1 rings (SSSR count). The van der Waals surface area contributed by atoms with Crippen LogP contribution in [0, 0.1) is 0 Å². The second-order valence-corrected chi connectivity index (χ2v) is 6.62. The number of rotatable bonds is 6. The predicted octanol–water partition coefficient (Wildman–Crippen LogP) is 0.654. The molecular formula is C11H17ClN2O4S. The number of aliphatic hydroxyl groups excluding tert-OH is 1. The molecule has 0 spiro atoms. The maximum atomic E-state index is 11.8. The molecule has 0 radical (unpaired) electrons. The van der Waals surface area contributed by atoms with Gasteiger partial charge in [-0.25, -0.2) is 12.7 Å². The monoisotopic (exact) mass is 308 g/mol. The van der Waals surface area contributed by atoms with Gasteiger partial charge in [-0.2, -0.15) is 0 Å². The smallest absolute Gasteiger partial charge is 0.242 e. The number of sulfonamides is 1. The molecule has 1 atom stereocenters. The summed E-state index contributed by atoms with van der Waals surface area (Å²) in [7, 11) is -0.753. The number of alkyl halides is 1. The van der Waals surface area contributed by atoms with Crippen molar-refractivity contribution in [1.29, 1.82) is 0 Å². The summed E-state index contributed by atoms with van der Waals surface area (Å²) < 4.78 is 24.8.